The van der Waals surface area contributed by atoms with Gasteiger partial charge in [0.05, 0.1) is 10.6 Å². The number of rotatable bonds is 5. The van der Waals surface area contributed by atoms with Gasteiger partial charge in [0.2, 0.25) is 11.9 Å². The number of hydrogen-bond donors (Lipinski definition) is 2. The highest BCUT2D eigenvalue weighted by Crippen LogP contribution is 2.35. The van der Waals surface area contributed by atoms with Crippen LogP contribution in [0.1, 0.15) is 18.0 Å². The van der Waals surface area contributed by atoms with Crippen molar-refractivity contribution in [3.05, 3.63) is 51.6 Å². The van der Waals surface area contributed by atoms with E-state index < -0.39 is 0 Å². The van der Waals surface area contributed by atoms with Crippen LogP contribution in [-0.2, 0) is 0 Å². The molecule has 30 heavy (non-hydrogen) atoms. The molecule has 0 saturated heterocycles. The third-order valence-electron chi connectivity index (χ3n) is 4.29. The van der Waals surface area contributed by atoms with Gasteiger partial charge >= 0.3 is 0 Å². The Morgan fingerprint density at radius 1 is 1.17 bits per heavy atom. The van der Waals surface area contributed by atoms with E-state index in [1.165, 1.54) is 35.2 Å². The maximum Gasteiger partial charge on any atom is 0.260 e. The average molecular weight is 444 g/mol. The van der Waals surface area contributed by atoms with Crippen LogP contribution in [0.2, 0.25) is 0 Å². The van der Waals surface area contributed by atoms with Gasteiger partial charge < -0.3 is 15.6 Å². The molecule has 1 aromatic carbocycles. The summed E-state index contributed by atoms with van der Waals surface area (Å²) in [5, 5.41) is 2.58. The van der Waals surface area contributed by atoms with E-state index in [9.17, 15) is 9.18 Å². The lowest BCUT2D eigenvalue weighted by Crippen LogP contribution is -2.16. The van der Waals surface area contributed by atoms with Crippen LogP contribution in [0.25, 0.3) is 21.3 Å². The molecule has 11 heteroatoms. The van der Waals surface area contributed by atoms with Crippen LogP contribution in [0.4, 0.5) is 16.3 Å². The molecule has 0 bridgehead atoms. The first kappa shape index (κ1) is 20.2. The van der Waals surface area contributed by atoms with Crippen LogP contribution in [0.3, 0.4) is 0 Å². The number of benzene rings is 1. The van der Waals surface area contributed by atoms with Gasteiger partial charge in [-0.25, -0.2) is 9.37 Å². The zero-order valence-corrected chi connectivity index (χ0v) is 18.0. The van der Waals surface area contributed by atoms with Crippen LogP contribution in [-0.4, -0.2) is 39.0 Å². The normalized spacial score (nSPS) is 12.3. The van der Waals surface area contributed by atoms with Gasteiger partial charge in [-0.05, 0) is 24.6 Å². The van der Waals surface area contributed by atoms with Crippen molar-refractivity contribution in [3.63, 3.8) is 0 Å². The molecule has 3 aromatic heterocycles. The topological polar surface area (TPSA) is 114 Å². The Hall–Kier alpha value is -3.05. The number of aromatic nitrogens is 5. The second-order valence-electron chi connectivity index (χ2n) is 6.71. The summed E-state index contributed by atoms with van der Waals surface area (Å²) in [6, 6.07) is 6.03. The predicted molar refractivity (Wildman–Crippen MR) is 118 cm³/mol. The summed E-state index contributed by atoms with van der Waals surface area (Å²) in [5.41, 5.74) is 7.05. The van der Waals surface area contributed by atoms with E-state index in [0.717, 1.165) is 11.1 Å². The van der Waals surface area contributed by atoms with Crippen molar-refractivity contribution < 1.29 is 4.39 Å². The molecule has 0 aliphatic rings. The van der Waals surface area contributed by atoms with E-state index in [4.69, 9.17) is 5.73 Å². The molecule has 0 aliphatic heterocycles. The van der Waals surface area contributed by atoms with Gasteiger partial charge in [0.1, 0.15) is 16.5 Å². The Bertz CT molecular complexity index is 1270. The smallest absolute Gasteiger partial charge is 0.260 e. The number of thiophene rings is 1. The van der Waals surface area contributed by atoms with Crippen molar-refractivity contribution in [2.24, 2.45) is 0 Å². The predicted octanol–water partition coefficient (Wildman–Crippen LogP) is 3.48. The first-order valence-electron chi connectivity index (χ1n) is 8.94. The Morgan fingerprint density at radius 3 is 2.60 bits per heavy atom. The molecule has 0 amide bonds. The molecule has 0 spiro atoms. The second-order valence-corrected chi connectivity index (χ2v) is 8.90. The highest BCUT2D eigenvalue weighted by atomic mass is 32.2. The number of nitrogen functional groups attached to an aromatic ring is 1. The summed E-state index contributed by atoms with van der Waals surface area (Å²) in [4.78, 5) is 35.3. The van der Waals surface area contributed by atoms with Crippen LogP contribution in [0.5, 0.6) is 0 Å². The monoisotopic (exact) mass is 443 g/mol. The number of nitrogens with zero attached hydrogens (tertiary/aromatic N) is 5. The molecular formula is C19H18FN7OS2. The number of hydrogen-bond acceptors (Lipinski definition) is 9. The summed E-state index contributed by atoms with van der Waals surface area (Å²) < 4.78 is 13.2. The number of aromatic amines is 1. The number of thioether (sulfide) groups is 1. The molecule has 3 heterocycles. The van der Waals surface area contributed by atoms with Crippen molar-refractivity contribution >= 4 is 45.2 Å². The molecule has 4 aromatic rings. The molecule has 0 saturated carbocycles. The van der Waals surface area contributed by atoms with Gasteiger partial charge in [-0.1, -0.05) is 23.9 Å². The molecular weight excluding hydrogens is 425 g/mol. The molecule has 1 unspecified atom stereocenters. The SMILES string of the molecule is CC(Sc1nc2scc(-c3ccc(F)cc3)c2c(=O)[nH]1)c1nc(N)nc(N(C)C)n1. The molecule has 1 atom stereocenters. The van der Waals surface area contributed by atoms with Crippen molar-refractivity contribution in [2.75, 3.05) is 24.7 Å². The van der Waals surface area contributed by atoms with E-state index in [-0.39, 0.29) is 22.6 Å². The van der Waals surface area contributed by atoms with Gasteiger partial charge in [-0.15, -0.1) is 11.3 Å². The number of fused-ring (bicyclic) bond motifs is 1. The fourth-order valence-corrected chi connectivity index (χ4v) is 4.67. The van der Waals surface area contributed by atoms with Crippen molar-refractivity contribution in [3.8, 4) is 11.1 Å². The van der Waals surface area contributed by atoms with E-state index in [1.54, 1.807) is 17.0 Å². The van der Waals surface area contributed by atoms with Gasteiger partial charge in [0, 0.05) is 25.0 Å². The van der Waals surface area contributed by atoms with E-state index >= 15 is 0 Å². The molecule has 4 rings (SSSR count). The zero-order chi connectivity index (χ0) is 21.4. The number of nitrogens with one attached hydrogen (secondary N) is 1. The Labute approximate surface area is 179 Å². The lowest BCUT2D eigenvalue weighted by molar-refractivity contribution is 0.628. The number of anilines is 2. The average Bonchev–Trinajstić information content (AvgIpc) is 3.12. The van der Waals surface area contributed by atoms with Crippen molar-refractivity contribution in [1.82, 2.24) is 24.9 Å². The maximum atomic E-state index is 13.2. The summed E-state index contributed by atoms with van der Waals surface area (Å²) >= 11 is 2.69. The van der Waals surface area contributed by atoms with Crippen molar-refractivity contribution in [2.45, 2.75) is 17.3 Å². The standard InChI is InChI=1S/C19H18FN7OS2/c1-9(14-22-17(21)26-18(23-14)27(2)3)30-19-24-15(28)13-12(8-29-16(13)25-19)10-4-6-11(20)7-5-10/h4-9H,1-3H3,(H,24,25,28)(H2,21,22,23,26). The first-order chi connectivity index (χ1) is 14.3. The quantitative estimate of drug-likeness (QED) is 0.356. The van der Waals surface area contributed by atoms with Gasteiger partial charge in [-0.3, -0.25) is 4.79 Å². The number of nitrogens with two attached hydrogens (primary N) is 1. The second kappa shape index (κ2) is 8.00. The summed E-state index contributed by atoms with van der Waals surface area (Å²) in [6.07, 6.45) is 0. The number of H-pyrrole nitrogens is 1. The fourth-order valence-electron chi connectivity index (χ4n) is 2.83. The maximum absolute atomic E-state index is 13.2. The molecule has 3 N–H and O–H groups in total. The van der Waals surface area contributed by atoms with Crippen LogP contribution < -0.4 is 16.2 Å². The third-order valence-corrected chi connectivity index (χ3v) is 6.14. The Morgan fingerprint density at radius 2 is 1.90 bits per heavy atom. The molecule has 0 radical (unpaired) electrons. The van der Waals surface area contributed by atoms with Gasteiger partial charge in [-0.2, -0.15) is 15.0 Å². The van der Waals surface area contributed by atoms with Crippen LogP contribution >= 0.6 is 23.1 Å². The highest BCUT2D eigenvalue weighted by molar-refractivity contribution is 7.99. The summed E-state index contributed by atoms with van der Waals surface area (Å²) in [6.45, 7) is 1.90. The summed E-state index contributed by atoms with van der Waals surface area (Å²) in [5.74, 6) is 0.769. The van der Waals surface area contributed by atoms with Crippen molar-refractivity contribution in [1.29, 1.82) is 0 Å². The Kier molecular flexibility index (Phi) is 5.39. The first-order valence-corrected chi connectivity index (χ1v) is 10.7. The van der Waals surface area contributed by atoms with E-state index in [0.29, 0.717) is 27.1 Å². The van der Waals surface area contributed by atoms with Crippen LogP contribution in [0.15, 0.2) is 39.6 Å². The fraction of sp³-hybridized carbons (Fsp3) is 0.211. The molecule has 154 valence electrons. The minimum Gasteiger partial charge on any atom is -0.368 e. The van der Waals surface area contributed by atoms with E-state index in [1.807, 2.05) is 26.4 Å². The lowest BCUT2D eigenvalue weighted by atomic mass is 10.1. The minimum absolute atomic E-state index is 0.134. The summed E-state index contributed by atoms with van der Waals surface area (Å²) in [7, 11) is 3.64. The lowest BCUT2D eigenvalue weighted by Gasteiger charge is -2.14. The highest BCUT2D eigenvalue weighted by Gasteiger charge is 2.18. The molecule has 0 aliphatic carbocycles. The zero-order valence-electron chi connectivity index (χ0n) is 16.4. The number of halogens is 1. The largest absolute Gasteiger partial charge is 0.368 e. The van der Waals surface area contributed by atoms with E-state index in [2.05, 4.69) is 24.9 Å². The molecule has 8 nitrogen and oxygen atoms in total. The minimum atomic E-state index is -0.325. The third kappa shape index (κ3) is 3.98. The van der Waals surface area contributed by atoms with Gasteiger partial charge in [0.25, 0.3) is 5.56 Å². The molecule has 0 fully saturated rings. The van der Waals surface area contributed by atoms with Gasteiger partial charge in [0.15, 0.2) is 5.16 Å². The van der Waals surface area contributed by atoms with Crippen LogP contribution in [0, 0.1) is 5.82 Å². The Balaban J connectivity index is 1.66.